The van der Waals surface area contributed by atoms with Crippen molar-refractivity contribution in [2.75, 3.05) is 0 Å². The van der Waals surface area contributed by atoms with Crippen LogP contribution in [0.5, 0.6) is 0 Å². The van der Waals surface area contributed by atoms with Gasteiger partial charge in [-0.2, -0.15) is 0 Å². The van der Waals surface area contributed by atoms with E-state index < -0.39 is 0 Å². The van der Waals surface area contributed by atoms with Gasteiger partial charge >= 0.3 is 0 Å². The summed E-state index contributed by atoms with van der Waals surface area (Å²) in [6, 6.07) is 0. The monoisotopic (exact) mass is 134 g/mol. The maximum Gasteiger partial charge on any atom is 0.0981 e. The van der Waals surface area contributed by atoms with Gasteiger partial charge in [0.1, 0.15) is 0 Å². The summed E-state index contributed by atoms with van der Waals surface area (Å²) < 4.78 is 4.97. The summed E-state index contributed by atoms with van der Waals surface area (Å²) in [7, 11) is 0. The number of rotatable bonds is 2. The second-order valence-corrected chi connectivity index (χ2v) is 1.99. The molecule has 0 aliphatic rings. The quantitative estimate of drug-likeness (QED) is 0.606. The molecule has 1 aromatic heterocycles. The normalized spacial score (nSPS) is 10.5. The lowest BCUT2D eigenvalue weighted by Gasteiger charge is -1.84. The Bertz CT molecular complexity index is 243. The summed E-state index contributed by atoms with van der Waals surface area (Å²) in [5.41, 5.74) is 2.12. The lowest BCUT2D eigenvalue weighted by Crippen LogP contribution is -1.67. The minimum atomic E-state index is 1.04. The van der Waals surface area contributed by atoms with Gasteiger partial charge in [-0.15, -0.1) is 0 Å². The van der Waals surface area contributed by atoms with E-state index in [-0.39, 0.29) is 0 Å². The molecule has 0 saturated carbocycles. The van der Waals surface area contributed by atoms with E-state index in [1.807, 2.05) is 19.1 Å². The van der Waals surface area contributed by atoms with Crippen molar-refractivity contribution < 1.29 is 4.42 Å². The van der Waals surface area contributed by atoms with Gasteiger partial charge in [0, 0.05) is 11.1 Å². The van der Waals surface area contributed by atoms with E-state index in [2.05, 4.69) is 6.58 Å². The van der Waals surface area contributed by atoms with E-state index in [1.54, 1.807) is 18.6 Å². The molecule has 1 rings (SSSR count). The standard InChI is InChI=1S/C9H10O/c1-3-5-9-7-10-6-8(9)4-2/h3-7H,2H2,1H3. The minimum absolute atomic E-state index is 1.04. The summed E-state index contributed by atoms with van der Waals surface area (Å²) in [6.45, 7) is 5.62. The van der Waals surface area contributed by atoms with Gasteiger partial charge in [-0.25, -0.2) is 0 Å². The number of allylic oxidation sites excluding steroid dienone is 1. The fraction of sp³-hybridized carbons (Fsp3) is 0.111. The average Bonchev–Trinajstić information content (AvgIpc) is 2.36. The maximum absolute atomic E-state index is 4.97. The van der Waals surface area contributed by atoms with Gasteiger partial charge in [0.25, 0.3) is 0 Å². The van der Waals surface area contributed by atoms with Gasteiger partial charge in [0.2, 0.25) is 0 Å². The molecule has 0 atom stereocenters. The molecule has 0 amide bonds. The molecule has 10 heavy (non-hydrogen) atoms. The van der Waals surface area contributed by atoms with Gasteiger partial charge < -0.3 is 4.42 Å². The predicted octanol–water partition coefficient (Wildman–Crippen LogP) is 2.96. The summed E-state index contributed by atoms with van der Waals surface area (Å²) in [6.07, 6.45) is 9.12. The molecular weight excluding hydrogens is 124 g/mol. The van der Waals surface area contributed by atoms with Crippen molar-refractivity contribution in [1.29, 1.82) is 0 Å². The van der Waals surface area contributed by atoms with Crippen LogP contribution < -0.4 is 0 Å². The van der Waals surface area contributed by atoms with Crippen LogP contribution in [0.2, 0.25) is 0 Å². The molecule has 0 bridgehead atoms. The maximum atomic E-state index is 4.97. The molecule has 1 aromatic rings. The largest absolute Gasteiger partial charge is 0.471 e. The van der Waals surface area contributed by atoms with E-state index in [0.717, 1.165) is 11.1 Å². The van der Waals surface area contributed by atoms with Crippen molar-refractivity contribution >= 4 is 12.2 Å². The molecule has 1 heteroatoms. The molecule has 1 heterocycles. The number of hydrogen-bond acceptors (Lipinski definition) is 1. The van der Waals surface area contributed by atoms with E-state index in [9.17, 15) is 0 Å². The van der Waals surface area contributed by atoms with Gasteiger partial charge in [-0.3, -0.25) is 0 Å². The van der Waals surface area contributed by atoms with Crippen LogP contribution in [0.4, 0.5) is 0 Å². The average molecular weight is 134 g/mol. The minimum Gasteiger partial charge on any atom is -0.471 e. The van der Waals surface area contributed by atoms with Crippen LogP contribution in [0.1, 0.15) is 18.1 Å². The van der Waals surface area contributed by atoms with E-state index in [4.69, 9.17) is 4.42 Å². The Balaban J connectivity index is 3.00. The first-order chi connectivity index (χ1) is 4.88. The molecule has 0 unspecified atom stereocenters. The van der Waals surface area contributed by atoms with E-state index >= 15 is 0 Å². The smallest absolute Gasteiger partial charge is 0.0981 e. The molecule has 0 spiro atoms. The van der Waals surface area contributed by atoms with Crippen LogP contribution in [0, 0.1) is 0 Å². The molecule has 0 radical (unpaired) electrons. The summed E-state index contributed by atoms with van der Waals surface area (Å²) in [4.78, 5) is 0. The van der Waals surface area contributed by atoms with E-state index in [0.29, 0.717) is 0 Å². The molecule has 0 N–H and O–H groups in total. The molecule has 52 valence electrons. The molecule has 0 aliphatic heterocycles. The summed E-state index contributed by atoms with van der Waals surface area (Å²) in [5.74, 6) is 0. The lowest BCUT2D eigenvalue weighted by atomic mass is 10.2. The number of furan rings is 1. The molecule has 0 fully saturated rings. The predicted molar refractivity (Wildman–Crippen MR) is 43.5 cm³/mol. The first-order valence-electron chi connectivity index (χ1n) is 3.20. The third-order valence-electron chi connectivity index (χ3n) is 1.29. The number of hydrogen-bond donors (Lipinski definition) is 0. The summed E-state index contributed by atoms with van der Waals surface area (Å²) in [5, 5.41) is 0. The zero-order valence-electron chi connectivity index (χ0n) is 6.00. The Morgan fingerprint density at radius 3 is 2.70 bits per heavy atom. The van der Waals surface area contributed by atoms with Crippen molar-refractivity contribution in [3.05, 3.63) is 36.3 Å². The zero-order chi connectivity index (χ0) is 7.40. The van der Waals surface area contributed by atoms with Gasteiger partial charge in [0.05, 0.1) is 12.5 Å². The second kappa shape index (κ2) is 3.06. The van der Waals surface area contributed by atoms with Crippen LogP contribution in [0.15, 0.2) is 29.6 Å². The molecule has 0 aromatic carbocycles. The van der Waals surface area contributed by atoms with Gasteiger partial charge in [0.15, 0.2) is 0 Å². The van der Waals surface area contributed by atoms with Crippen LogP contribution >= 0.6 is 0 Å². The van der Waals surface area contributed by atoms with Crippen LogP contribution in [-0.2, 0) is 0 Å². The van der Waals surface area contributed by atoms with Gasteiger partial charge in [-0.05, 0) is 6.92 Å². The Hall–Kier alpha value is -1.24. The van der Waals surface area contributed by atoms with Crippen LogP contribution in [-0.4, -0.2) is 0 Å². The highest BCUT2D eigenvalue weighted by atomic mass is 16.3. The Morgan fingerprint density at radius 1 is 1.40 bits per heavy atom. The van der Waals surface area contributed by atoms with Crippen molar-refractivity contribution in [3.8, 4) is 0 Å². The van der Waals surface area contributed by atoms with Gasteiger partial charge in [-0.1, -0.05) is 24.8 Å². The van der Waals surface area contributed by atoms with Crippen molar-refractivity contribution in [1.82, 2.24) is 0 Å². The van der Waals surface area contributed by atoms with Crippen LogP contribution in [0.25, 0.3) is 12.2 Å². The first kappa shape index (κ1) is 6.87. The Morgan fingerprint density at radius 2 is 2.10 bits per heavy atom. The molecule has 0 saturated heterocycles. The SMILES string of the molecule is C=Cc1cocc1C=CC. The third-order valence-corrected chi connectivity index (χ3v) is 1.29. The van der Waals surface area contributed by atoms with Crippen molar-refractivity contribution in [3.63, 3.8) is 0 Å². The molecular formula is C9H10O. The molecule has 0 aliphatic carbocycles. The summed E-state index contributed by atoms with van der Waals surface area (Å²) >= 11 is 0. The Kier molecular flexibility index (Phi) is 2.11. The highest BCUT2D eigenvalue weighted by Gasteiger charge is 1.94. The second-order valence-electron chi connectivity index (χ2n) is 1.99. The first-order valence-corrected chi connectivity index (χ1v) is 3.20. The third kappa shape index (κ3) is 1.18. The van der Waals surface area contributed by atoms with Crippen molar-refractivity contribution in [2.24, 2.45) is 0 Å². The fourth-order valence-corrected chi connectivity index (χ4v) is 0.798. The van der Waals surface area contributed by atoms with Crippen molar-refractivity contribution in [2.45, 2.75) is 6.92 Å². The Labute approximate surface area is 60.7 Å². The lowest BCUT2D eigenvalue weighted by molar-refractivity contribution is 0.566. The molecule has 1 nitrogen and oxygen atoms in total. The topological polar surface area (TPSA) is 13.1 Å². The van der Waals surface area contributed by atoms with E-state index in [1.165, 1.54) is 0 Å². The zero-order valence-corrected chi connectivity index (χ0v) is 6.00. The fourth-order valence-electron chi connectivity index (χ4n) is 0.798. The van der Waals surface area contributed by atoms with Crippen LogP contribution in [0.3, 0.4) is 0 Å². The highest BCUT2D eigenvalue weighted by molar-refractivity contribution is 5.62. The highest BCUT2D eigenvalue weighted by Crippen LogP contribution is 2.12.